The molecule has 1 fully saturated rings. The Morgan fingerprint density at radius 1 is 1.03 bits per heavy atom. The molecule has 1 aromatic heterocycles. The molecule has 154 valence electrons. The fourth-order valence-electron chi connectivity index (χ4n) is 3.75. The number of benzene rings is 2. The number of aromatic nitrogens is 1. The van der Waals surface area contributed by atoms with Crippen LogP contribution in [-0.2, 0) is 11.2 Å². The predicted molar refractivity (Wildman–Crippen MR) is 120 cm³/mol. The van der Waals surface area contributed by atoms with Gasteiger partial charge in [-0.25, -0.2) is 4.98 Å². The lowest BCUT2D eigenvalue weighted by atomic mass is 9.95. The van der Waals surface area contributed by atoms with Crippen molar-refractivity contribution in [3.05, 3.63) is 81.8 Å². The zero-order chi connectivity index (χ0) is 20.9. The van der Waals surface area contributed by atoms with Crippen molar-refractivity contribution >= 4 is 28.8 Å². The van der Waals surface area contributed by atoms with E-state index in [0.29, 0.717) is 30.8 Å². The number of nitrogens with one attached hydrogen (secondary N) is 1. The summed E-state index contributed by atoms with van der Waals surface area (Å²) in [5.74, 6) is 0.00380. The molecule has 2 heterocycles. The van der Waals surface area contributed by atoms with Gasteiger partial charge in [-0.05, 0) is 37.5 Å². The molecule has 0 atom stereocenters. The molecule has 0 bridgehead atoms. The summed E-state index contributed by atoms with van der Waals surface area (Å²) in [4.78, 5) is 32.8. The highest BCUT2D eigenvalue weighted by atomic mass is 32.1. The Bertz CT molecular complexity index is 1010. The minimum Gasteiger partial charge on any atom is -0.338 e. The number of anilines is 1. The van der Waals surface area contributed by atoms with Gasteiger partial charge in [0.1, 0.15) is 4.88 Å². The molecule has 5 nitrogen and oxygen atoms in total. The molecular weight excluding hydrogens is 394 g/mol. The Hall–Kier alpha value is -2.99. The van der Waals surface area contributed by atoms with Gasteiger partial charge < -0.3 is 10.2 Å². The molecular formula is C24H25N3O2S. The standard InChI is InChI=1S/C24H25N3O2S/c1-17-22(30-21(25-17)16-18-8-4-2-5-9-18)24(29)27-14-12-19(13-15-27)23(28)26-20-10-6-3-7-11-20/h2-11,19H,12-16H2,1H3,(H,26,28). The average molecular weight is 420 g/mol. The number of hydrogen-bond acceptors (Lipinski definition) is 4. The van der Waals surface area contributed by atoms with Gasteiger partial charge in [0.2, 0.25) is 5.91 Å². The van der Waals surface area contributed by atoms with Gasteiger partial charge in [0.05, 0.1) is 10.7 Å². The van der Waals surface area contributed by atoms with Gasteiger partial charge in [0, 0.05) is 31.1 Å². The number of thiazole rings is 1. The number of nitrogens with zero attached hydrogens (tertiary/aromatic N) is 2. The first-order chi connectivity index (χ1) is 14.6. The van der Waals surface area contributed by atoms with Crippen LogP contribution >= 0.6 is 11.3 Å². The number of aryl methyl sites for hydroxylation is 1. The second-order valence-corrected chi connectivity index (χ2v) is 8.69. The zero-order valence-electron chi connectivity index (χ0n) is 17.0. The van der Waals surface area contributed by atoms with Crippen LogP contribution in [0.5, 0.6) is 0 Å². The number of carbonyl (C=O) groups excluding carboxylic acids is 2. The third-order valence-electron chi connectivity index (χ3n) is 5.43. The van der Waals surface area contributed by atoms with Gasteiger partial charge in [0.25, 0.3) is 5.91 Å². The first-order valence-electron chi connectivity index (χ1n) is 10.3. The Labute approximate surface area is 180 Å². The first-order valence-corrected chi connectivity index (χ1v) is 11.1. The van der Waals surface area contributed by atoms with Crippen LogP contribution in [0.2, 0.25) is 0 Å². The van der Waals surface area contributed by atoms with Gasteiger partial charge in [-0.3, -0.25) is 9.59 Å². The normalized spacial score (nSPS) is 14.5. The molecule has 0 spiro atoms. The van der Waals surface area contributed by atoms with Gasteiger partial charge in [0.15, 0.2) is 0 Å². The first kappa shape index (κ1) is 20.3. The summed E-state index contributed by atoms with van der Waals surface area (Å²) in [6, 6.07) is 19.7. The lowest BCUT2D eigenvalue weighted by molar-refractivity contribution is -0.121. The van der Waals surface area contributed by atoms with Crippen LogP contribution in [0.3, 0.4) is 0 Å². The van der Waals surface area contributed by atoms with Crippen LogP contribution in [0.1, 0.15) is 38.8 Å². The van der Waals surface area contributed by atoms with Gasteiger partial charge in [-0.1, -0.05) is 48.5 Å². The van der Waals surface area contributed by atoms with Crippen molar-refractivity contribution in [1.82, 2.24) is 9.88 Å². The largest absolute Gasteiger partial charge is 0.338 e. The Kier molecular flexibility index (Phi) is 6.23. The molecule has 1 N–H and O–H groups in total. The van der Waals surface area contributed by atoms with Crippen LogP contribution in [0, 0.1) is 12.8 Å². The SMILES string of the molecule is Cc1nc(Cc2ccccc2)sc1C(=O)N1CCC(C(=O)Nc2ccccc2)CC1. The van der Waals surface area contributed by atoms with E-state index in [4.69, 9.17) is 0 Å². The van der Waals surface area contributed by atoms with Gasteiger partial charge >= 0.3 is 0 Å². The summed E-state index contributed by atoms with van der Waals surface area (Å²) in [6.07, 6.45) is 2.10. The maximum atomic E-state index is 13.0. The molecule has 0 radical (unpaired) electrons. The second kappa shape index (κ2) is 9.22. The summed E-state index contributed by atoms with van der Waals surface area (Å²) in [7, 11) is 0. The summed E-state index contributed by atoms with van der Waals surface area (Å²) in [6.45, 7) is 3.09. The van der Waals surface area contributed by atoms with Crippen LogP contribution in [0.25, 0.3) is 0 Å². The van der Waals surface area contributed by atoms with Gasteiger partial charge in [-0.15, -0.1) is 11.3 Å². The van der Waals surface area contributed by atoms with Crippen molar-refractivity contribution in [1.29, 1.82) is 0 Å². The monoisotopic (exact) mass is 419 g/mol. The van der Waals surface area contributed by atoms with Crippen molar-refractivity contribution < 1.29 is 9.59 Å². The molecule has 3 aromatic rings. The lowest BCUT2D eigenvalue weighted by Gasteiger charge is -2.31. The summed E-state index contributed by atoms with van der Waals surface area (Å²) in [5.41, 5.74) is 2.79. The van der Waals surface area contributed by atoms with E-state index in [-0.39, 0.29) is 17.7 Å². The lowest BCUT2D eigenvalue weighted by Crippen LogP contribution is -2.41. The molecule has 2 amide bonds. The van der Waals surface area contributed by atoms with Crippen molar-refractivity contribution in [2.24, 2.45) is 5.92 Å². The molecule has 6 heteroatoms. The van der Waals surface area contributed by atoms with E-state index in [1.165, 1.54) is 16.9 Å². The zero-order valence-corrected chi connectivity index (χ0v) is 17.8. The molecule has 0 saturated carbocycles. The third kappa shape index (κ3) is 4.76. The van der Waals surface area contributed by atoms with Crippen LogP contribution in [0.15, 0.2) is 60.7 Å². The highest BCUT2D eigenvalue weighted by Gasteiger charge is 2.29. The quantitative estimate of drug-likeness (QED) is 0.661. The Balaban J connectivity index is 1.34. The fraction of sp³-hybridized carbons (Fsp3) is 0.292. The number of likely N-dealkylation sites (tertiary alicyclic amines) is 1. The van der Waals surface area contributed by atoms with Crippen LogP contribution < -0.4 is 5.32 Å². The minimum absolute atomic E-state index is 0.0335. The van der Waals surface area contributed by atoms with E-state index < -0.39 is 0 Å². The summed E-state index contributed by atoms with van der Waals surface area (Å²) < 4.78 is 0. The number of para-hydroxylation sites is 1. The fourth-order valence-corrected chi connectivity index (χ4v) is 4.82. The third-order valence-corrected chi connectivity index (χ3v) is 6.57. The number of rotatable bonds is 5. The number of carbonyl (C=O) groups is 2. The number of piperidine rings is 1. The van der Waals surface area contributed by atoms with E-state index in [9.17, 15) is 9.59 Å². The van der Waals surface area contributed by atoms with E-state index in [1.807, 2.05) is 60.4 Å². The molecule has 1 aliphatic heterocycles. The predicted octanol–water partition coefficient (Wildman–Crippen LogP) is 4.53. The van der Waals surface area contributed by atoms with Crippen molar-refractivity contribution in [3.8, 4) is 0 Å². The molecule has 30 heavy (non-hydrogen) atoms. The molecule has 1 saturated heterocycles. The number of amides is 2. The Morgan fingerprint density at radius 3 is 2.33 bits per heavy atom. The van der Waals surface area contributed by atoms with Gasteiger partial charge in [-0.2, -0.15) is 0 Å². The maximum absolute atomic E-state index is 13.0. The topological polar surface area (TPSA) is 62.3 Å². The molecule has 1 aliphatic rings. The highest BCUT2D eigenvalue weighted by molar-refractivity contribution is 7.13. The van der Waals surface area contributed by atoms with Crippen LogP contribution in [0.4, 0.5) is 5.69 Å². The molecule has 4 rings (SSSR count). The average Bonchev–Trinajstić information content (AvgIpc) is 3.14. The van der Waals surface area contributed by atoms with E-state index >= 15 is 0 Å². The molecule has 2 aromatic carbocycles. The smallest absolute Gasteiger partial charge is 0.265 e. The molecule has 0 aliphatic carbocycles. The van der Waals surface area contributed by atoms with E-state index in [0.717, 1.165) is 22.8 Å². The van der Waals surface area contributed by atoms with Crippen LogP contribution in [-0.4, -0.2) is 34.8 Å². The van der Waals surface area contributed by atoms with Crippen molar-refractivity contribution in [3.63, 3.8) is 0 Å². The van der Waals surface area contributed by atoms with Crippen molar-refractivity contribution in [2.45, 2.75) is 26.2 Å². The highest BCUT2D eigenvalue weighted by Crippen LogP contribution is 2.26. The van der Waals surface area contributed by atoms with E-state index in [2.05, 4.69) is 22.4 Å². The second-order valence-electron chi connectivity index (χ2n) is 7.61. The summed E-state index contributed by atoms with van der Waals surface area (Å²) in [5, 5.41) is 3.93. The molecule has 0 unspecified atom stereocenters. The maximum Gasteiger partial charge on any atom is 0.265 e. The minimum atomic E-state index is -0.0644. The van der Waals surface area contributed by atoms with E-state index in [1.54, 1.807) is 0 Å². The Morgan fingerprint density at radius 2 is 1.67 bits per heavy atom. The van der Waals surface area contributed by atoms with Crippen molar-refractivity contribution in [2.75, 3.05) is 18.4 Å². The summed E-state index contributed by atoms with van der Waals surface area (Å²) >= 11 is 1.48. The number of hydrogen-bond donors (Lipinski definition) is 1.